The van der Waals surface area contributed by atoms with Crippen molar-refractivity contribution in [2.75, 3.05) is 0 Å². The fourth-order valence-corrected chi connectivity index (χ4v) is 2.92. The van der Waals surface area contributed by atoms with Gasteiger partial charge < -0.3 is 9.73 Å². The highest BCUT2D eigenvalue weighted by atomic mass is 32.2. The summed E-state index contributed by atoms with van der Waals surface area (Å²) in [6.45, 7) is 0.739. The van der Waals surface area contributed by atoms with Crippen LogP contribution in [0.3, 0.4) is 0 Å². The van der Waals surface area contributed by atoms with Crippen LogP contribution in [0.25, 0.3) is 0 Å². The van der Waals surface area contributed by atoms with Gasteiger partial charge in [-0.1, -0.05) is 12.1 Å². The van der Waals surface area contributed by atoms with Gasteiger partial charge in [0, 0.05) is 17.5 Å². The molecule has 19 heavy (non-hydrogen) atoms. The summed E-state index contributed by atoms with van der Waals surface area (Å²) in [6, 6.07) is 9.68. The highest BCUT2D eigenvalue weighted by Gasteiger charge is 2.21. The number of halogens is 1. The molecule has 4 heteroatoms. The zero-order chi connectivity index (χ0) is 13.1. The molecule has 0 radical (unpaired) electrons. The molecule has 3 rings (SSSR count). The third kappa shape index (κ3) is 3.39. The largest absolute Gasteiger partial charge is 0.468 e. The molecule has 1 aliphatic carbocycles. The van der Waals surface area contributed by atoms with E-state index in [4.69, 9.17) is 4.42 Å². The number of hydrogen-bond donors (Lipinski definition) is 1. The smallest absolute Gasteiger partial charge is 0.137 e. The number of thioether (sulfide) groups is 1. The van der Waals surface area contributed by atoms with Crippen molar-refractivity contribution in [3.8, 4) is 0 Å². The van der Waals surface area contributed by atoms with Crippen LogP contribution in [0.1, 0.15) is 24.2 Å². The van der Waals surface area contributed by atoms with Crippen LogP contribution >= 0.6 is 11.8 Å². The summed E-state index contributed by atoms with van der Waals surface area (Å²) in [4.78, 5) is 0.729. The van der Waals surface area contributed by atoms with Crippen LogP contribution in [0.2, 0.25) is 0 Å². The monoisotopic (exact) mass is 277 g/mol. The number of hydrogen-bond acceptors (Lipinski definition) is 3. The Labute approximate surface area is 116 Å². The molecular weight excluding hydrogens is 261 g/mol. The number of furan rings is 1. The molecule has 0 spiro atoms. The quantitative estimate of drug-likeness (QED) is 0.809. The Bertz CT molecular complexity index is 537. The number of benzene rings is 1. The fourth-order valence-electron chi connectivity index (χ4n) is 1.93. The molecule has 0 aliphatic heterocycles. The van der Waals surface area contributed by atoms with Crippen LogP contribution in [-0.2, 0) is 12.3 Å². The van der Waals surface area contributed by atoms with Crippen LogP contribution in [0.15, 0.2) is 45.9 Å². The van der Waals surface area contributed by atoms with E-state index in [1.54, 1.807) is 12.3 Å². The highest BCUT2D eigenvalue weighted by molar-refractivity contribution is 7.98. The molecule has 1 fully saturated rings. The lowest BCUT2D eigenvalue weighted by Gasteiger charge is -2.10. The lowest BCUT2D eigenvalue weighted by molar-refractivity contribution is 0.530. The molecule has 1 aromatic carbocycles. The Morgan fingerprint density at radius 3 is 2.89 bits per heavy atom. The summed E-state index contributed by atoms with van der Waals surface area (Å²) < 4.78 is 19.2. The van der Waals surface area contributed by atoms with Crippen molar-refractivity contribution < 1.29 is 8.81 Å². The van der Waals surface area contributed by atoms with Gasteiger partial charge in [0.05, 0.1) is 12.0 Å². The first kappa shape index (κ1) is 12.8. The van der Waals surface area contributed by atoms with Crippen molar-refractivity contribution in [2.24, 2.45) is 0 Å². The van der Waals surface area contributed by atoms with Crippen molar-refractivity contribution in [3.05, 3.63) is 53.7 Å². The minimum Gasteiger partial charge on any atom is -0.468 e. The second-order valence-electron chi connectivity index (χ2n) is 4.75. The van der Waals surface area contributed by atoms with E-state index in [1.165, 1.54) is 30.7 Å². The van der Waals surface area contributed by atoms with Crippen LogP contribution in [-0.4, -0.2) is 6.04 Å². The van der Waals surface area contributed by atoms with Gasteiger partial charge in [0.25, 0.3) is 0 Å². The first-order valence-corrected chi connectivity index (χ1v) is 7.47. The van der Waals surface area contributed by atoms with Gasteiger partial charge in [0.2, 0.25) is 0 Å². The van der Waals surface area contributed by atoms with Crippen molar-refractivity contribution in [2.45, 2.75) is 36.1 Å². The summed E-state index contributed by atoms with van der Waals surface area (Å²) in [5.41, 5.74) is 1.03. The molecule has 0 atom stereocenters. The van der Waals surface area contributed by atoms with E-state index >= 15 is 0 Å². The first-order chi connectivity index (χ1) is 9.33. The molecular formula is C15H16FNOS. The van der Waals surface area contributed by atoms with Crippen LogP contribution in [0, 0.1) is 5.82 Å². The van der Waals surface area contributed by atoms with E-state index < -0.39 is 0 Å². The van der Waals surface area contributed by atoms with Gasteiger partial charge in [0.15, 0.2) is 0 Å². The van der Waals surface area contributed by atoms with E-state index in [-0.39, 0.29) is 5.82 Å². The Balaban J connectivity index is 1.69. The molecule has 0 bridgehead atoms. The molecule has 1 saturated carbocycles. The third-order valence-electron chi connectivity index (χ3n) is 3.15. The highest BCUT2D eigenvalue weighted by Crippen LogP contribution is 2.30. The molecule has 0 saturated heterocycles. The van der Waals surface area contributed by atoms with Crippen molar-refractivity contribution in [3.63, 3.8) is 0 Å². The van der Waals surface area contributed by atoms with Gasteiger partial charge >= 0.3 is 0 Å². The minimum atomic E-state index is -0.147. The van der Waals surface area contributed by atoms with Gasteiger partial charge in [-0.25, -0.2) is 4.39 Å². The molecule has 1 aliphatic rings. The molecule has 100 valence electrons. The molecule has 0 amide bonds. The molecule has 1 N–H and O–H groups in total. The maximum atomic E-state index is 13.9. The summed E-state index contributed by atoms with van der Waals surface area (Å²) in [6.07, 6.45) is 4.13. The second-order valence-corrected chi connectivity index (χ2v) is 5.74. The zero-order valence-electron chi connectivity index (χ0n) is 10.6. The molecule has 0 unspecified atom stereocenters. The summed E-state index contributed by atoms with van der Waals surface area (Å²) in [7, 11) is 0. The summed E-state index contributed by atoms with van der Waals surface area (Å²) in [5.74, 6) is 1.38. The standard InChI is InChI=1S/C15H16FNOS/c16-14-5-1-3-11(9-17-12-6-7-12)15(14)19-10-13-4-2-8-18-13/h1-5,8,12,17H,6-7,9-10H2. The van der Waals surface area contributed by atoms with Gasteiger partial charge in [-0.05, 0) is 36.6 Å². The van der Waals surface area contributed by atoms with Gasteiger partial charge in [0.1, 0.15) is 11.6 Å². The molecule has 2 nitrogen and oxygen atoms in total. The Morgan fingerprint density at radius 1 is 1.26 bits per heavy atom. The zero-order valence-corrected chi connectivity index (χ0v) is 11.4. The average Bonchev–Trinajstić information content (AvgIpc) is 3.10. The van der Waals surface area contributed by atoms with E-state index in [2.05, 4.69) is 5.32 Å². The number of rotatable bonds is 6. The minimum absolute atomic E-state index is 0.147. The lowest BCUT2D eigenvalue weighted by atomic mass is 10.2. The summed E-state index contributed by atoms with van der Waals surface area (Å²) >= 11 is 1.49. The van der Waals surface area contributed by atoms with Crippen LogP contribution < -0.4 is 5.32 Å². The predicted molar refractivity (Wildman–Crippen MR) is 74.5 cm³/mol. The van der Waals surface area contributed by atoms with E-state index in [0.717, 1.165) is 22.8 Å². The molecule has 2 aromatic rings. The predicted octanol–water partition coefficient (Wildman–Crippen LogP) is 3.96. The van der Waals surface area contributed by atoms with Gasteiger partial charge in [-0.3, -0.25) is 0 Å². The van der Waals surface area contributed by atoms with E-state index in [1.807, 2.05) is 18.2 Å². The van der Waals surface area contributed by atoms with E-state index in [0.29, 0.717) is 11.8 Å². The topological polar surface area (TPSA) is 25.2 Å². The lowest BCUT2D eigenvalue weighted by Crippen LogP contribution is -2.16. The normalized spacial score (nSPS) is 14.8. The average molecular weight is 277 g/mol. The van der Waals surface area contributed by atoms with E-state index in [9.17, 15) is 4.39 Å². The Kier molecular flexibility index (Phi) is 3.89. The third-order valence-corrected chi connectivity index (χ3v) is 4.32. The molecule has 1 aromatic heterocycles. The molecule has 1 heterocycles. The van der Waals surface area contributed by atoms with Gasteiger partial charge in [-0.15, -0.1) is 11.8 Å². The number of nitrogens with one attached hydrogen (secondary N) is 1. The fraction of sp³-hybridized carbons (Fsp3) is 0.333. The van der Waals surface area contributed by atoms with Crippen LogP contribution in [0.5, 0.6) is 0 Å². The maximum Gasteiger partial charge on any atom is 0.137 e. The second kappa shape index (κ2) is 5.80. The Hall–Kier alpha value is -1.26. The Morgan fingerprint density at radius 2 is 2.16 bits per heavy atom. The maximum absolute atomic E-state index is 13.9. The summed E-state index contributed by atoms with van der Waals surface area (Å²) in [5, 5.41) is 3.43. The van der Waals surface area contributed by atoms with Crippen molar-refractivity contribution in [1.29, 1.82) is 0 Å². The first-order valence-electron chi connectivity index (χ1n) is 6.49. The SMILES string of the molecule is Fc1cccc(CNC2CC2)c1SCc1ccco1. The van der Waals surface area contributed by atoms with Crippen molar-refractivity contribution >= 4 is 11.8 Å². The van der Waals surface area contributed by atoms with Gasteiger partial charge in [-0.2, -0.15) is 0 Å². The van der Waals surface area contributed by atoms with Crippen LogP contribution in [0.4, 0.5) is 4.39 Å². The van der Waals surface area contributed by atoms with Crippen molar-refractivity contribution in [1.82, 2.24) is 5.32 Å².